The SMILES string of the molecule is CC(C)(C)c1ccc(Oc2cc(-c3ccc(OC(F)(F)F)cc3)ccc2CO)cc1. The van der Waals surface area contributed by atoms with Gasteiger partial charge in [-0.3, -0.25) is 0 Å². The van der Waals surface area contributed by atoms with Crippen molar-refractivity contribution in [1.82, 2.24) is 0 Å². The number of benzene rings is 3. The van der Waals surface area contributed by atoms with E-state index in [1.165, 1.54) is 29.8 Å². The molecule has 30 heavy (non-hydrogen) atoms. The maximum atomic E-state index is 12.3. The molecular weight excluding hydrogens is 393 g/mol. The van der Waals surface area contributed by atoms with Crippen molar-refractivity contribution >= 4 is 0 Å². The van der Waals surface area contributed by atoms with E-state index in [0.29, 0.717) is 22.6 Å². The molecule has 0 unspecified atom stereocenters. The van der Waals surface area contributed by atoms with Gasteiger partial charge in [-0.25, -0.2) is 0 Å². The zero-order valence-corrected chi connectivity index (χ0v) is 17.0. The van der Waals surface area contributed by atoms with E-state index in [9.17, 15) is 18.3 Å². The van der Waals surface area contributed by atoms with Gasteiger partial charge in [0.05, 0.1) is 6.61 Å². The summed E-state index contributed by atoms with van der Waals surface area (Å²) in [4.78, 5) is 0. The molecule has 0 heterocycles. The normalized spacial score (nSPS) is 12.0. The first-order valence-corrected chi connectivity index (χ1v) is 9.43. The Hall–Kier alpha value is -2.99. The second kappa shape index (κ2) is 8.40. The van der Waals surface area contributed by atoms with Gasteiger partial charge < -0.3 is 14.6 Å². The summed E-state index contributed by atoms with van der Waals surface area (Å²) in [6, 6.07) is 18.6. The highest BCUT2D eigenvalue weighted by atomic mass is 19.4. The van der Waals surface area contributed by atoms with Gasteiger partial charge >= 0.3 is 6.36 Å². The number of ether oxygens (including phenoxy) is 2. The average Bonchev–Trinajstić information content (AvgIpc) is 2.67. The summed E-state index contributed by atoms with van der Waals surface area (Å²) in [6.45, 7) is 6.18. The van der Waals surface area contributed by atoms with Crippen molar-refractivity contribution < 1.29 is 27.8 Å². The van der Waals surface area contributed by atoms with Gasteiger partial charge in [-0.15, -0.1) is 13.2 Å². The van der Waals surface area contributed by atoms with Crippen molar-refractivity contribution in [2.24, 2.45) is 0 Å². The third-order valence-electron chi connectivity index (χ3n) is 4.61. The molecule has 0 saturated heterocycles. The van der Waals surface area contributed by atoms with Crippen LogP contribution in [-0.4, -0.2) is 11.5 Å². The number of hydrogen-bond donors (Lipinski definition) is 1. The number of halogens is 3. The number of rotatable bonds is 5. The number of aliphatic hydroxyl groups excluding tert-OH is 1. The quantitative estimate of drug-likeness (QED) is 0.495. The minimum Gasteiger partial charge on any atom is -0.457 e. The monoisotopic (exact) mass is 416 g/mol. The fourth-order valence-corrected chi connectivity index (χ4v) is 2.96. The zero-order chi connectivity index (χ0) is 21.9. The smallest absolute Gasteiger partial charge is 0.457 e. The van der Waals surface area contributed by atoms with Crippen molar-refractivity contribution in [3.05, 3.63) is 77.9 Å². The van der Waals surface area contributed by atoms with Crippen LogP contribution < -0.4 is 9.47 Å². The maximum absolute atomic E-state index is 12.3. The summed E-state index contributed by atoms with van der Waals surface area (Å²) in [6.07, 6.45) is -4.73. The number of alkyl halides is 3. The number of aliphatic hydroxyl groups is 1. The van der Waals surface area contributed by atoms with Crippen LogP contribution in [0.2, 0.25) is 0 Å². The molecule has 0 amide bonds. The third kappa shape index (κ3) is 5.54. The summed E-state index contributed by atoms with van der Waals surface area (Å²) < 4.78 is 46.9. The van der Waals surface area contributed by atoms with E-state index in [4.69, 9.17) is 4.74 Å². The van der Waals surface area contributed by atoms with E-state index in [-0.39, 0.29) is 17.8 Å². The van der Waals surface area contributed by atoms with Crippen LogP contribution in [0.3, 0.4) is 0 Å². The van der Waals surface area contributed by atoms with Gasteiger partial charge in [0.1, 0.15) is 17.2 Å². The third-order valence-corrected chi connectivity index (χ3v) is 4.61. The molecule has 3 aromatic carbocycles. The highest BCUT2D eigenvalue weighted by Crippen LogP contribution is 2.33. The summed E-state index contributed by atoms with van der Waals surface area (Å²) in [7, 11) is 0. The Morgan fingerprint density at radius 3 is 1.87 bits per heavy atom. The first-order valence-electron chi connectivity index (χ1n) is 9.43. The molecule has 0 spiro atoms. The fourth-order valence-electron chi connectivity index (χ4n) is 2.96. The molecule has 0 radical (unpaired) electrons. The summed E-state index contributed by atoms with van der Waals surface area (Å²) in [5.74, 6) is 0.826. The highest BCUT2D eigenvalue weighted by molar-refractivity contribution is 5.67. The van der Waals surface area contributed by atoms with Gasteiger partial charge in [0, 0.05) is 5.56 Å². The van der Waals surface area contributed by atoms with Crippen molar-refractivity contribution in [2.75, 3.05) is 0 Å². The van der Waals surface area contributed by atoms with Crippen LogP contribution in [0.25, 0.3) is 11.1 Å². The van der Waals surface area contributed by atoms with Gasteiger partial charge in [-0.05, 0) is 52.4 Å². The van der Waals surface area contributed by atoms with E-state index in [1.54, 1.807) is 18.2 Å². The van der Waals surface area contributed by atoms with Gasteiger partial charge in [-0.2, -0.15) is 0 Å². The number of hydrogen-bond acceptors (Lipinski definition) is 3. The van der Waals surface area contributed by atoms with Crippen molar-refractivity contribution in [3.8, 4) is 28.4 Å². The van der Waals surface area contributed by atoms with Crippen LogP contribution in [0.5, 0.6) is 17.2 Å². The van der Waals surface area contributed by atoms with Crippen molar-refractivity contribution in [2.45, 2.75) is 39.2 Å². The van der Waals surface area contributed by atoms with Crippen LogP contribution in [0, 0.1) is 0 Å². The average molecular weight is 416 g/mol. The van der Waals surface area contributed by atoms with Crippen LogP contribution in [-0.2, 0) is 12.0 Å². The van der Waals surface area contributed by atoms with Crippen LogP contribution in [0.1, 0.15) is 31.9 Å². The lowest BCUT2D eigenvalue weighted by atomic mass is 9.87. The van der Waals surface area contributed by atoms with E-state index in [2.05, 4.69) is 25.5 Å². The van der Waals surface area contributed by atoms with Crippen LogP contribution in [0.15, 0.2) is 66.7 Å². The largest absolute Gasteiger partial charge is 0.573 e. The van der Waals surface area contributed by atoms with Gasteiger partial charge in [0.15, 0.2) is 0 Å². The molecule has 0 bridgehead atoms. The van der Waals surface area contributed by atoms with Gasteiger partial charge in [0.25, 0.3) is 0 Å². The molecule has 3 nitrogen and oxygen atoms in total. The van der Waals surface area contributed by atoms with E-state index in [0.717, 1.165) is 5.56 Å². The Kier molecular flexibility index (Phi) is 6.08. The molecule has 0 aliphatic rings. The molecule has 3 rings (SSSR count). The second-order valence-corrected chi connectivity index (χ2v) is 7.93. The molecule has 0 fully saturated rings. The summed E-state index contributed by atoms with van der Waals surface area (Å²) in [5.41, 5.74) is 3.24. The molecule has 6 heteroatoms. The molecule has 0 aliphatic heterocycles. The van der Waals surface area contributed by atoms with Crippen LogP contribution in [0.4, 0.5) is 13.2 Å². The topological polar surface area (TPSA) is 38.7 Å². The van der Waals surface area contributed by atoms with E-state index in [1.807, 2.05) is 24.3 Å². The molecular formula is C24H23F3O3. The second-order valence-electron chi connectivity index (χ2n) is 7.93. The maximum Gasteiger partial charge on any atom is 0.573 e. The van der Waals surface area contributed by atoms with Gasteiger partial charge in [0.2, 0.25) is 0 Å². The lowest BCUT2D eigenvalue weighted by Gasteiger charge is -2.19. The molecule has 1 N–H and O–H groups in total. The van der Waals surface area contributed by atoms with Crippen molar-refractivity contribution in [3.63, 3.8) is 0 Å². The predicted molar refractivity (Wildman–Crippen MR) is 110 cm³/mol. The Morgan fingerprint density at radius 2 is 1.33 bits per heavy atom. The molecule has 0 atom stereocenters. The molecule has 3 aromatic rings. The molecule has 0 aromatic heterocycles. The highest BCUT2D eigenvalue weighted by Gasteiger charge is 2.31. The Morgan fingerprint density at radius 1 is 0.767 bits per heavy atom. The Labute approximate surface area is 173 Å². The molecule has 0 saturated carbocycles. The minimum absolute atomic E-state index is 0.0245. The minimum atomic E-state index is -4.73. The van der Waals surface area contributed by atoms with E-state index >= 15 is 0 Å². The van der Waals surface area contributed by atoms with Crippen LogP contribution >= 0.6 is 0 Å². The van der Waals surface area contributed by atoms with Crippen molar-refractivity contribution in [1.29, 1.82) is 0 Å². The molecule has 158 valence electrons. The fraction of sp³-hybridized carbons (Fsp3) is 0.250. The first kappa shape index (κ1) is 21.7. The Balaban J connectivity index is 1.85. The van der Waals surface area contributed by atoms with Gasteiger partial charge in [-0.1, -0.05) is 57.2 Å². The van der Waals surface area contributed by atoms with E-state index < -0.39 is 6.36 Å². The zero-order valence-electron chi connectivity index (χ0n) is 17.0. The standard InChI is InChI=1S/C24H23F3O3/c1-23(2,3)19-8-12-20(13-9-19)29-22-14-17(4-5-18(22)15-28)16-6-10-21(11-7-16)30-24(25,26)27/h4-14,28H,15H2,1-3H3. The predicted octanol–water partition coefficient (Wildman–Crippen LogP) is 6.83. The molecule has 0 aliphatic carbocycles. The Bertz CT molecular complexity index is 986. The summed E-state index contributed by atoms with van der Waals surface area (Å²) in [5, 5.41) is 9.65. The summed E-state index contributed by atoms with van der Waals surface area (Å²) >= 11 is 0. The lowest BCUT2D eigenvalue weighted by Crippen LogP contribution is -2.16. The first-order chi connectivity index (χ1) is 14.0. The lowest BCUT2D eigenvalue weighted by molar-refractivity contribution is -0.274.